The number of nitrogens with zero attached hydrogens (tertiary/aromatic N) is 2. The van der Waals surface area contributed by atoms with Crippen LogP contribution in [-0.4, -0.2) is 23.2 Å². The molecule has 0 amide bonds. The number of fused-ring (bicyclic) bond motifs is 1. The van der Waals surface area contributed by atoms with Crippen molar-refractivity contribution in [3.8, 4) is 5.75 Å². The van der Waals surface area contributed by atoms with E-state index in [1.165, 1.54) is 0 Å². The first-order chi connectivity index (χ1) is 10.8. The van der Waals surface area contributed by atoms with Crippen LogP contribution in [0.1, 0.15) is 11.4 Å². The smallest absolute Gasteiger partial charge is 0.123 e. The number of nitrogens with one attached hydrogen (secondary N) is 1. The van der Waals surface area contributed by atoms with Gasteiger partial charge in [-0.1, -0.05) is 30.3 Å². The molecule has 1 N–H and O–H groups in total. The Kier molecular flexibility index (Phi) is 6.02. The summed E-state index contributed by atoms with van der Waals surface area (Å²) < 4.78 is 8.15. The van der Waals surface area contributed by atoms with Gasteiger partial charge in [0, 0.05) is 0 Å². The van der Waals surface area contributed by atoms with Gasteiger partial charge in [-0.05, 0) is 37.7 Å². The summed E-state index contributed by atoms with van der Waals surface area (Å²) in [6, 6.07) is 16.3. The zero-order chi connectivity index (χ0) is 15.4. The fraction of sp³-hybridized carbons (Fsp3) is 0.278. The predicted molar refractivity (Wildman–Crippen MR) is 96.4 cm³/mol. The molecule has 4 nitrogen and oxygen atoms in total. The van der Waals surface area contributed by atoms with Crippen molar-refractivity contribution in [3.05, 3.63) is 59.9 Å². The van der Waals surface area contributed by atoms with Crippen LogP contribution >= 0.6 is 12.4 Å². The zero-order valence-electron chi connectivity index (χ0n) is 13.5. The first kappa shape index (κ1) is 17.3. The second-order valence-electron chi connectivity index (χ2n) is 5.31. The van der Waals surface area contributed by atoms with Gasteiger partial charge in [0.2, 0.25) is 0 Å². The molecule has 3 rings (SSSR count). The van der Waals surface area contributed by atoms with E-state index in [-0.39, 0.29) is 12.4 Å². The van der Waals surface area contributed by atoms with Gasteiger partial charge in [-0.25, -0.2) is 4.98 Å². The van der Waals surface area contributed by atoms with E-state index < -0.39 is 0 Å². The number of rotatable bonds is 6. The molecule has 0 aliphatic carbocycles. The summed E-state index contributed by atoms with van der Waals surface area (Å²) in [7, 11) is 1.94. The van der Waals surface area contributed by atoms with Crippen molar-refractivity contribution in [3.63, 3.8) is 0 Å². The SMILES string of the molecule is CNCc1nc2ccccc2n1CCOc1ccccc1C.Cl. The minimum absolute atomic E-state index is 0. The lowest BCUT2D eigenvalue weighted by Gasteiger charge is -2.12. The van der Waals surface area contributed by atoms with Crippen LogP contribution in [0.3, 0.4) is 0 Å². The molecule has 0 fully saturated rings. The highest BCUT2D eigenvalue weighted by Crippen LogP contribution is 2.18. The Labute approximate surface area is 142 Å². The van der Waals surface area contributed by atoms with E-state index in [9.17, 15) is 0 Å². The quantitative estimate of drug-likeness (QED) is 0.750. The molecule has 0 atom stereocenters. The maximum absolute atomic E-state index is 5.92. The Bertz CT molecular complexity index is 770. The monoisotopic (exact) mass is 331 g/mol. The highest BCUT2D eigenvalue weighted by atomic mass is 35.5. The van der Waals surface area contributed by atoms with Crippen LogP contribution in [0.5, 0.6) is 5.75 Å². The number of para-hydroxylation sites is 3. The van der Waals surface area contributed by atoms with Gasteiger partial charge in [-0.3, -0.25) is 0 Å². The van der Waals surface area contributed by atoms with Crippen LogP contribution < -0.4 is 10.1 Å². The van der Waals surface area contributed by atoms with Gasteiger partial charge in [0.1, 0.15) is 18.2 Å². The second-order valence-corrected chi connectivity index (χ2v) is 5.31. The van der Waals surface area contributed by atoms with Crippen molar-refractivity contribution >= 4 is 23.4 Å². The first-order valence-electron chi connectivity index (χ1n) is 7.57. The lowest BCUT2D eigenvalue weighted by molar-refractivity contribution is 0.296. The predicted octanol–water partition coefficient (Wildman–Crippen LogP) is 3.56. The third-order valence-electron chi connectivity index (χ3n) is 3.73. The fourth-order valence-electron chi connectivity index (χ4n) is 2.63. The summed E-state index contributed by atoms with van der Waals surface area (Å²) >= 11 is 0. The number of ether oxygens (including phenoxy) is 1. The third-order valence-corrected chi connectivity index (χ3v) is 3.73. The molecule has 0 radical (unpaired) electrons. The van der Waals surface area contributed by atoms with E-state index in [1.54, 1.807) is 0 Å². The topological polar surface area (TPSA) is 39.1 Å². The van der Waals surface area contributed by atoms with Gasteiger partial charge in [-0.15, -0.1) is 12.4 Å². The van der Waals surface area contributed by atoms with Crippen molar-refractivity contribution in [2.45, 2.75) is 20.0 Å². The normalized spacial score (nSPS) is 10.5. The number of hydrogen-bond acceptors (Lipinski definition) is 3. The van der Waals surface area contributed by atoms with Crippen molar-refractivity contribution in [1.29, 1.82) is 0 Å². The first-order valence-corrected chi connectivity index (χ1v) is 7.57. The summed E-state index contributed by atoms with van der Waals surface area (Å²) in [5, 5.41) is 3.18. The number of aryl methyl sites for hydroxylation is 1. The van der Waals surface area contributed by atoms with Crippen LogP contribution in [0.25, 0.3) is 11.0 Å². The summed E-state index contributed by atoms with van der Waals surface area (Å²) in [5.41, 5.74) is 3.35. The fourth-order valence-corrected chi connectivity index (χ4v) is 2.63. The second kappa shape index (κ2) is 7.99. The van der Waals surface area contributed by atoms with Crippen LogP contribution in [0.15, 0.2) is 48.5 Å². The lowest BCUT2D eigenvalue weighted by Crippen LogP contribution is -2.15. The Morgan fingerprint density at radius 3 is 2.61 bits per heavy atom. The average molecular weight is 332 g/mol. The Balaban J connectivity index is 0.00000192. The molecule has 122 valence electrons. The Morgan fingerprint density at radius 2 is 1.83 bits per heavy atom. The largest absolute Gasteiger partial charge is 0.491 e. The number of aromatic nitrogens is 2. The molecule has 1 heterocycles. The molecule has 23 heavy (non-hydrogen) atoms. The number of imidazole rings is 1. The molecule has 0 saturated heterocycles. The molecule has 0 spiro atoms. The molecule has 0 unspecified atom stereocenters. The number of hydrogen-bond donors (Lipinski definition) is 1. The summed E-state index contributed by atoms with van der Waals surface area (Å²) in [4.78, 5) is 4.69. The van der Waals surface area contributed by atoms with Crippen LogP contribution in [0.2, 0.25) is 0 Å². The standard InChI is InChI=1S/C18H21N3O.ClH/c1-14-7-3-6-10-17(14)22-12-11-21-16-9-5-4-8-15(16)20-18(21)13-19-2;/h3-10,19H,11-13H2,1-2H3;1H. The van der Waals surface area contributed by atoms with Crippen LogP contribution in [0.4, 0.5) is 0 Å². The molecule has 3 aromatic rings. The lowest BCUT2D eigenvalue weighted by atomic mass is 10.2. The summed E-state index contributed by atoms with van der Waals surface area (Å²) in [6.45, 7) is 4.22. The van der Waals surface area contributed by atoms with Crippen LogP contribution in [-0.2, 0) is 13.1 Å². The van der Waals surface area contributed by atoms with E-state index in [2.05, 4.69) is 28.9 Å². The summed E-state index contributed by atoms with van der Waals surface area (Å²) in [6.07, 6.45) is 0. The Hall–Kier alpha value is -2.04. The maximum Gasteiger partial charge on any atom is 0.123 e. The van der Waals surface area contributed by atoms with Crippen molar-refractivity contribution in [2.75, 3.05) is 13.7 Å². The average Bonchev–Trinajstić information content (AvgIpc) is 2.87. The molecule has 2 aromatic carbocycles. The third kappa shape index (κ3) is 3.84. The van der Waals surface area contributed by atoms with E-state index in [4.69, 9.17) is 9.72 Å². The minimum atomic E-state index is 0. The van der Waals surface area contributed by atoms with E-state index in [0.717, 1.165) is 41.3 Å². The maximum atomic E-state index is 5.92. The van der Waals surface area contributed by atoms with Crippen LogP contribution in [0, 0.1) is 6.92 Å². The van der Waals surface area contributed by atoms with E-state index in [1.807, 2.05) is 43.4 Å². The zero-order valence-corrected chi connectivity index (χ0v) is 14.3. The molecular weight excluding hydrogens is 310 g/mol. The molecule has 0 bridgehead atoms. The molecule has 0 aliphatic rings. The number of halogens is 1. The van der Waals surface area contributed by atoms with E-state index in [0.29, 0.717) is 6.61 Å². The van der Waals surface area contributed by atoms with Crippen molar-refractivity contribution in [2.24, 2.45) is 0 Å². The van der Waals surface area contributed by atoms with E-state index >= 15 is 0 Å². The summed E-state index contributed by atoms with van der Waals surface area (Å²) in [5.74, 6) is 1.99. The van der Waals surface area contributed by atoms with Crippen molar-refractivity contribution < 1.29 is 4.74 Å². The van der Waals surface area contributed by atoms with Gasteiger partial charge in [0.05, 0.1) is 24.1 Å². The van der Waals surface area contributed by atoms with Gasteiger partial charge in [0.25, 0.3) is 0 Å². The minimum Gasteiger partial charge on any atom is -0.491 e. The van der Waals surface area contributed by atoms with Gasteiger partial charge in [0.15, 0.2) is 0 Å². The van der Waals surface area contributed by atoms with Gasteiger partial charge >= 0.3 is 0 Å². The molecule has 1 aromatic heterocycles. The van der Waals surface area contributed by atoms with Gasteiger partial charge < -0.3 is 14.6 Å². The molecule has 0 aliphatic heterocycles. The molecular formula is C18H22ClN3O. The highest BCUT2D eigenvalue weighted by Gasteiger charge is 2.09. The van der Waals surface area contributed by atoms with Crippen molar-refractivity contribution in [1.82, 2.24) is 14.9 Å². The number of benzene rings is 2. The molecule has 5 heteroatoms. The highest BCUT2D eigenvalue weighted by molar-refractivity contribution is 5.85. The van der Waals surface area contributed by atoms with Gasteiger partial charge in [-0.2, -0.15) is 0 Å². The molecule has 0 saturated carbocycles. The Morgan fingerprint density at radius 1 is 1.09 bits per heavy atom.